The van der Waals surface area contributed by atoms with E-state index in [0.29, 0.717) is 18.3 Å². The number of fused-ring (bicyclic) bond motifs is 1. The van der Waals surface area contributed by atoms with Crippen LogP contribution in [0.2, 0.25) is 0 Å². The van der Waals surface area contributed by atoms with E-state index >= 15 is 0 Å². The van der Waals surface area contributed by atoms with Crippen molar-refractivity contribution in [3.63, 3.8) is 0 Å². The molecule has 1 saturated carbocycles. The van der Waals surface area contributed by atoms with E-state index in [9.17, 15) is 4.79 Å². The average molecular weight is 208 g/mol. The van der Waals surface area contributed by atoms with E-state index in [2.05, 4.69) is 27.4 Å². The third-order valence-electron chi connectivity index (χ3n) is 4.05. The number of carbonyl (C=O) groups excluding carboxylic acids is 1. The van der Waals surface area contributed by atoms with E-state index in [1.54, 1.807) is 6.08 Å². The Kier molecular flexibility index (Phi) is 2.30. The molecule has 15 heavy (non-hydrogen) atoms. The highest BCUT2D eigenvalue weighted by molar-refractivity contribution is 5.85. The van der Waals surface area contributed by atoms with Crippen molar-refractivity contribution in [2.75, 3.05) is 0 Å². The Morgan fingerprint density at radius 1 is 1.53 bits per heavy atom. The zero-order valence-corrected chi connectivity index (χ0v) is 9.88. The molecule has 84 valence electrons. The van der Waals surface area contributed by atoms with Gasteiger partial charge in [-0.25, -0.2) is 0 Å². The molecule has 2 aliphatic rings. The molecule has 0 radical (unpaired) electrons. The van der Waals surface area contributed by atoms with Gasteiger partial charge in [0.25, 0.3) is 0 Å². The summed E-state index contributed by atoms with van der Waals surface area (Å²) < 4.78 is 5.73. The van der Waals surface area contributed by atoms with Gasteiger partial charge in [-0.1, -0.05) is 19.9 Å². The summed E-state index contributed by atoms with van der Waals surface area (Å²) in [4.78, 5) is 12.1. The smallest absolute Gasteiger partial charge is 0.143 e. The van der Waals surface area contributed by atoms with Gasteiger partial charge < -0.3 is 4.74 Å². The van der Waals surface area contributed by atoms with Crippen LogP contribution >= 0.6 is 0 Å². The molecule has 2 rings (SSSR count). The predicted octanol–water partition coefficient (Wildman–Crippen LogP) is 2.73. The summed E-state index contributed by atoms with van der Waals surface area (Å²) in [6.45, 7) is 10.1. The molecule has 0 spiro atoms. The molecule has 2 heteroatoms. The molecule has 1 heterocycles. The molecule has 2 nitrogen and oxygen atoms in total. The van der Waals surface area contributed by atoms with Crippen LogP contribution in [0.3, 0.4) is 0 Å². The summed E-state index contributed by atoms with van der Waals surface area (Å²) in [6.07, 6.45) is 4.68. The van der Waals surface area contributed by atoms with Crippen molar-refractivity contribution in [1.82, 2.24) is 0 Å². The number of allylic oxidation sites excluding steroid dienone is 1. The number of ether oxygens (including phenoxy) is 1. The summed E-state index contributed by atoms with van der Waals surface area (Å²) in [6, 6.07) is 0. The minimum atomic E-state index is -0.179. The Balaban J connectivity index is 2.24. The summed E-state index contributed by atoms with van der Waals surface area (Å²) in [5.41, 5.74) is -0.107. The Labute approximate surface area is 91.7 Å². The monoisotopic (exact) mass is 208 g/mol. The van der Waals surface area contributed by atoms with Gasteiger partial charge in [0.1, 0.15) is 11.4 Å². The second-order valence-corrected chi connectivity index (χ2v) is 5.71. The Bertz CT molecular complexity index is 301. The molecule has 0 N–H and O–H groups in total. The van der Waals surface area contributed by atoms with Crippen LogP contribution in [-0.4, -0.2) is 17.5 Å². The van der Waals surface area contributed by atoms with Crippen LogP contribution in [-0.2, 0) is 9.53 Å². The van der Waals surface area contributed by atoms with Crippen molar-refractivity contribution in [3.8, 4) is 0 Å². The molecule has 1 aliphatic carbocycles. The van der Waals surface area contributed by atoms with Gasteiger partial charge in [0.15, 0.2) is 0 Å². The zero-order valence-electron chi connectivity index (χ0n) is 9.88. The minimum Gasteiger partial charge on any atom is -0.366 e. The van der Waals surface area contributed by atoms with Crippen molar-refractivity contribution in [2.24, 2.45) is 11.3 Å². The first-order valence-corrected chi connectivity index (χ1v) is 5.73. The number of epoxide rings is 1. The van der Waals surface area contributed by atoms with Crippen LogP contribution in [0, 0.1) is 11.3 Å². The van der Waals surface area contributed by atoms with Crippen LogP contribution in [0.15, 0.2) is 12.7 Å². The van der Waals surface area contributed by atoms with Crippen molar-refractivity contribution in [2.45, 2.75) is 51.7 Å². The van der Waals surface area contributed by atoms with E-state index in [-0.39, 0.29) is 16.9 Å². The van der Waals surface area contributed by atoms with Crippen molar-refractivity contribution < 1.29 is 9.53 Å². The lowest BCUT2D eigenvalue weighted by molar-refractivity contribution is -0.129. The second-order valence-electron chi connectivity index (χ2n) is 5.71. The maximum absolute atomic E-state index is 12.1. The molecule has 3 atom stereocenters. The third kappa shape index (κ3) is 1.55. The van der Waals surface area contributed by atoms with E-state index < -0.39 is 0 Å². The molecule has 0 aromatic rings. The summed E-state index contributed by atoms with van der Waals surface area (Å²) in [5.74, 6) is 0.335. The van der Waals surface area contributed by atoms with E-state index in [1.165, 1.54) is 0 Å². The van der Waals surface area contributed by atoms with Crippen LogP contribution < -0.4 is 0 Å². The molecule has 3 unspecified atom stereocenters. The van der Waals surface area contributed by atoms with Gasteiger partial charge in [-0.3, -0.25) is 4.79 Å². The fourth-order valence-corrected chi connectivity index (χ4v) is 3.31. The van der Waals surface area contributed by atoms with Crippen LogP contribution in [0.5, 0.6) is 0 Å². The van der Waals surface area contributed by atoms with Crippen molar-refractivity contribution in [3.05, 3.63) is 12.7 Å². The molecule has 0 aromatic carbocycles. The van der Waals surface area contributed by atoms with Gasteiger partial charge in [0.2, 0.25) is 0 Å². The first-order chi connectivity index (χ1) is 6.92. The topological polar surface area (TPSA) is 29.6 Å². The Morgan fingerprint density at radius 3 is 2.80 bits per heavy atom. The predicted molar refractivity (Wildman–Crippen MR) is 59.6 cm³/mol. The van der Waals surface area contributed by atoms with Gasteiger partial charge in [0.05, 0.1) is 12.0 Å². The van der Waals surface area contributed by atoms with Crippen LogP contribution in [0.4, 0.5) is 0 Å². The summed E-state index contributed by atoms with van der Waals surface area (Å²) >= 11 is 0. The van der Waals surface area contributed by atoms with Gasteiger partial charge >= 0.3 is 0 Å². The molecule has 0 aromatic heterocycles. The SMILES string of the molecule is C=CCC(=O)C1C(C)(C)CCC2OC21C. The molecule has 2 fully saturated rings. The highest BCUT2D eigenvalue weighted by atomic mass is 16.6. The van der Waals surface area contributed by atoms with E-state index in [4.69, 9.17) is 4.74 Å². The zero-order chi connectivity index (χ0) is 11.3. The molecular weight excluding hydrogens is 188 g/mol. The Hall–Kier alpha value is -0.630. The number of hydrogen-bond donors (Lipinski definition) is 0. The average Bonchev–Trinajstić information content (AvgIpc) is 2.74. The molecule has 0 bridgehead atoms. The van der Waals surface area contributed by atoms with Crippen LogP contribution in [0.25, 0.3) is 0 Å². The van der Waals surface area contributed by atoms with Crippen molar-refractivity contribution in [1.29, 1.82) is 0 Å². The van der Waals surface area contributed by atoms with Gasteiger partial charge in [-0.15, -0.1) is 6.58 Å². The quantitative estimate of drug-likeness (QED) is 0.527. The lowest BCUT2D eigenvalue weighted by Crippen LogP contribution is -2.45. The fourth-order valence-electron chi connectivity index (χ4n) is 3.31. The van der Waals surface area contributed by atoms with E-state index in [1.807, 2.05) is 0 Å². The maximum Gasteiger partial charge on any atom is 0.143 e. The fraction of sp³-hybridized carbons (Fsp3) is 0.769. The first-order valence-electron chi connectivity index (χ1n) is 5.73. The van der Waals surface area contributed by atoms with Gasteiger partial charge in [-0.2, -0.15) is 0 Å². The summed E-state index contributed by atoms with van der Waals surface area (Å²) in [7, 11) is 0. The number of Topliss-reactive ketones (excluding diaryl/α,β-unsaturated/α-hetero) is 1. The largest absolute Gasteiger partial charge is 0.366 e. The highest BCUT2D eigenvalue weighted by Crippen LogP contribution is 2.58. The number of rotatable bonds is 3. The lowest BCUT2D eigenvalue weighted by atomic mass is 9.62. The first kappa shape index (κ1) is 10.9. The van der Waals surface area contributed by atoms with Crippen molar-refractivity contribution >= 4 is 5.78 Å². The molecular formula is C13H20O2. The standard InChI is InChI=1S/C13H20O2/c1-5-6-9(14)11-12(2,3)8-7-10-13(11,4)15-10/h5,10-11H,1,6-8H2,2-4H3. The number of ketones is 1. The maximum atomic E-state index is 12.1. The Morgan fingerprint density at radius 2 is 2.20 bits per heavy atom. The second kappa shape index (κ2) is 3.18. The lowest BCUT2D eigenvalue weighted by Gasteiger charge is -2.39. The van der Waals surface area contributed by atoms with Gasteiger partial charge in [0, 0.05) is 6.42 Å². The van der Waals surface area contributed by atoms with Gasteiger partial charge in [-0.05, 0) is 25.2 Å². The molecule has 1 aliphatic heterocycles. The highest BCUT2D eigenvalue weighted by Gasteiger charge is 2.65. The number of hydrogen-bond acceptors (Lipinski definition) is 2. The molecule has 0 amide bonds. The third-order valence-corrected chi connectivity index (χ3v) is 4.05. The summed E-state index contributed by atoms with van der Waals surface area (Å²) in [5, 5.41) is 0. The number of carbonyl (C=O) groups is 1. The molecule has 1 saturated heterocycles. The van der Waals surface area contributed by atoms with E-state index in [0.717, 1.165) is 12.8 Å². The van der Waals surface area contributed by atoms with Crippen LogP contribution in [0.1, 0.15) is 40.0 Å². The minimum absolute atomic E-state index is 0.0433. The normalized spacial score (nSPS) is 41.8.